The highest BCUT2D eigenvalue weighted by Gasteiger charge is 2.34. The van der Waals surface area contributed by atoms with Crippen LogP contribution in [0.5, 0.6) is 0 Å². The van der Waals surface area contributed by atoms with Crippen LogP contribution in [0, 0.1) is 12.5 Å². The molecule has 0 radical (unpaired) electrons. The number of carbonyl (C=O) groups is 2. The van der Waals surface area contributed by atoms with E-state index in [2.05, 4.69) is 15.3 Å². The van der Waals surface area contributed by atoms with E-state index in [1.54, 1.807) is 30.3 Å². The van der Waals surface area contributed by atoms with Crippen molar-refractivity contribution in [3.8, 4) is 22.8 Å². The van der Waals surface area contributed by atoms with Crippen molar-refractivity contribution < 1.29 is 27.5 Å². The predicted molar refractivity (Wildman–Crippen MR) is 168 cm³/mol. The summed E-state index contributed by atoms with van der Waals surface area (Å²) in [6, 6.07) is 12.1. The fourth-order valence-electron chi connectivity index (χ4n) is 5.74. The molecule has 14 heteroatoms. The number of hydrogen-bond donors (Lipinski definition) is 1. The van der Waals surface area contributed by atoms with Gasteiger partial charge in [0.1, 0.15) is 17.9 Å². The van der Waals surface area contributed by atoms with E-state index in [4.69, 9.17) is 11.3 Å². The number of alkyl halides is 3. The number of rotatable bonds is 9. The normalized spacial score (nSPS) is 16.6. The van der Waals surface area contributed by atoms with Crippen molar-refractivity contribution in [1.29, 1.82) is 0 Å². The zero-order valence-electron chi connectivity index (χ0n) is 26.1. The molecular formula is C33H34F3N7O4. The third-order valence-electron chi connectivity index (χ3n) is 8.20. The van der Waals surface area contributed by atoms with Crippen LogP contribution in [-0.4, -0.2) is 69.2 Å². The van der Waals surface area contributed by atoms with Crippen LogP contribution in [-0.2, 0) is 22.8 Å². The first kappa shape index (κ1) is 33.2. The van der Waals surface area contributed by atoms with Gasteiger partial charge in [-0.3, -0.25) is 19.1 Å². The summed E-state index contributed by atoms with van der Waals surface area (Å²) in [5, 5.41) is 7.31. The molecule has 2 aromatic carbocycles. The molecule has 1 amide bonds. The first-order valence-corrected chi connectivity index (χ1v) is 15.0. The SMILES string of the molecule is [C-]#[N+]c1ccc(-n2nccc2-c2c(C(=O)NC3CCC(C(=O)OCCN(C)C)CC3)c(=O)n(-c3cccc(C(F)(F)F)c3)n2C)cc1. The van der Waals surface area contributed by atoms with Gasteiger partial charge >= 0.3 is 12.1 Å². The number of esters is 1. The maximum atomic E-state index is 14.0. The zero-order chi connectivity index (χ0) is 33.9. The van der Waals surface area contributed by atoms with E-state index in [1.165, 1.54) is 34.7 Å². The molecule has 246 valence electrons. The van der Waals surface area contributed by atoms with Crippen LogP contribution in [0.2, 0.25) is 0 Å². The van der Waals surface area contributed by atoms with Crippen molar-refractivity contribution >= 4 is 17.6 Å². The van der Waals surface area contributed by atoms with Crippen LogP contribution in [0.25, 0.3) is 27.6 Å². The van der Waals surface area contributed by atoms with Gasteiger partial charge in [-0.1, -0.05) is 18.2 Å². The maximum absolute atomic E-state index is 14.0. The summed E-state index contributed by atoms with van der Waals surface area (Å²) in [6.45, 7) is 8.13. The third kappa shape index (κ3) is 7.15. The van der Waals surface area contributed by atoms with Gasteiger partial charge in [-0.2, -0.15) is 18.3 Å². The van der Waals surface area contributed by atoms with E-state index in [0.29, 0.717) is 49.3 Å². The lowest BCUT2D eigenvalue weighted by Crippen LogP contribution is -2.41. The molecule has 1 aliphatic carbocycles. The molecule has 1 N–H and O–H groups in total. The molecule has 0 unspecified atom stereocenters. The first-order valence-electron chi connectivity index (χ1n) is 15.0. The number of amides is 1. The monoisotopic (exact) mass is 649 g/mol. The lowest BCUT2D eigenvalue weighted by atomic mass is 9.86. The second-order valence-electron chi connectivity index (χ2n) is 11.7. The number of halogens is 3. The lowest BCUT2D eigenvalue weighted by molar-refractivity contribution is -0.150. The quantitative estimate of drug-likeness (QED) is 0.202. The Balaban J connectivity index is 1.50. The Hall–Kier alpha value is -5.16. The highest BCUT2D eigenvalue weighted by atomic mass is 19.4. The second-order valence-corrected chi connectivity index (χ2v) is 11.7. The Bertz CT molecular complexity index is 1860. The van der Waals surface area contributed by atoms with Crippen molar-refractivity contribution in [1.82, 2.24) is 29.4 Å². The first-order chi connectivity index (χ1) is 22.4. The minimum atomic E-state index is -4.65. The number of nitrogens with one attached hydrogen (secondary N) is 1. The highest BCUT2D eigenvalue weighted by molar-refractivity contribution is 6.00. The number of likely N-dealkylation sites (N-methyl/N-ethyl adjacent to an activating group) is 1. The lowest BCUT2D eigenvalue weighted by Gasteiger charge is -2.28. The average Bonchev–Trinajstić information content (AvgIpc) is 3.62. The molecule has 47 heavy (non-hydrogen) atoms. The molecule has 4 aromatic rings. The van der Waals surface area contributed by atoms with Crippen molar-refractivity contribution in [2.45, 2.75) is 37.9 Å². The van der Waals surface area contributed by atoms with Crippen LogP contribution in [0.1, 0.15) is 41.6 Å². The van der Waals surface area contributed by atoms with Crippen LogP contribution in [0.4, 0.5) is 18.9 Å². The minimum absolute atomic E-state index is 0.0756. The molecule has 11 nitrogen and oxygen atoms in total. The van der Waals surface area contributed by atoms with Crippen LogP contribution in [0.15, 0.2) is 65.6 Å². The van der Waals surface area contributed by atoms with Gasteiger partial charge < -0.3 is 15.0 Å². The van der Waals surface area contributed by atoms with E-state index < -0.39 is 23.2 Å². The minimum Gasteiger partial charge on any atom is -0.464 e. The van der Waals surface area contributed by atoms with Gasteiger partial charge in [0, 0.05) is 19.6 Å². The molecule has 0 atom stereocenters. The van der Waals surface area contributed by atoms with Crippen LogP contribution in [0.3, 0.4) is 0 Å². The van der Waals surface area contributed by atoms with Gasteiger partial charge in [0.05, 0.1) is 41.3 Å². The number of benzene rings is 2. The molecule has 0 saturated heterocycles. The highest BCUT2D eigenvalue weighted by Crippen LogP contribution is 2.32. The van der Waals surface area contributed by atoms with Gasteiger partial charge in [0.25, 0.3) is 11.5 Å². The third-order valence-corrected chi connectivity index (χ3v) is 8.20. The summed E-state index contributed by atoms with van der Waals surface area (Å²) in [5.74, 6) is -1.26. The number of carbonyl (C=O) groups excluding carboxylic acids is 2. The van der Waals surface area contributed by atoms with E-state index in [0.717, 1.165) is 16.8 Å². The van der Waals surface area contributed by atoms with Crippen molar-refractivity contribution in [3.63, 3.8) is 0 Å². The topological polar surface area (TPSA) is 108 Å². The number of ether oxygens (including phenoxy) is 1. The average molecular weight is 650 g/mol. The number of aromatic nitrogens is 4. The molecule has 1 aliphatic rings. The Morgan fingerprint density at radius 2 is 1.77 bits per heavy atom. The number of nitrogens with zero attached hydrogens (tertiary/aromatic N) is 6. The zero-order valence-corrected chi connectivity index (χ0v) is 26.1. The van der Waals surface area contributed by atoms with E-state index in [1.807, 2.05) is 19.0 Å². The predicted octanol–water partition coefficient (Wildman–Crippen LogP) is 4.99. The fraction of sp³-hybridized carbons (Fsp3) is 0.364. The Labute approximate surface area is 269 Å². The molecule has 2 heterocycles. The van der Waals surface area contributed by atoms with E-state index in [9.17, 15) is 27.6 Å². The van der Waals surface area contributed by atoms with Gasteiger partial charge in [-0.25, -0.2) is 14.2 Å². The standard InChI is InChI=1S/C33H34F3N7O4/c1-37-23-12-14-25(15-13-23)42-27(16-17-38-42)29-28(31(45)43(41(29)4)26-7-5-6-22(20-26)33(34,35)36)30(44)39-24-10-8-21(9-11-24)32(46)47-19-18-40(2)3/h5-7,12-17,20-21,24H,8-11,18-19H2,2-4H3,(H,39,44). The Kier molecular flexibility index (Phi) is 9.67. The summed E-state index contributed by atoms with van der Waals surface area (Å²) in [6.07, 6.45) is -1.22. The van der Waals surface area contributed by atoms with Crippen molar-refractivity contribution in [2.24, 2.45) is 13.0 Å². The van der Waals surface area contributed by atoms with Crippen LogP contribution < -0.4 is 10.9 Å². The summed E-state index contributed by atoms with van der Waals surface area (Å²) >= 11 is 0. The molecule has 5 rings (SSSR count). The van der Waals surface area contributed by atoms with Gasteiger partial charge in [-0.15, -0.1) is 0 Å². The second kappa shape index (κ2) is 13.7. The molecule has 0 bridgehead atoms. The summed E-state index contributed by atoms with van der Waals surface area (Å²) in [7, 11) is 5.26. The molecule has 1 saturated carbocycles. The van der Waals surface area contributed by atoms with Gasteiger partial charge in [0.2, 0.25) is 0 Å². The van der Waals surface area contributed by atoms with Crippen molar-refractivity contribution in [2.75, 3.05) is 27.2 Å². The molecule has 1 fully saturated rings. The molecule has 0 spiro atoms. The summed E-state index contributed by atoms with van der Waals surface area (Å²) < 4.78 is 50.1. The smallest absolute Gasteiger partial charge is 0.416 e. The van der Waals surface area contributed by atoms with Gasteiger partial charge in [0.15, 0.2) is 5.69 Å². The maximum Gasteiger partial charge on any atom is 0.416 e. The molecule has 2 aromatic heterocycles. The van der Waals surface area contributed by atoms with Crippen molar-refractivity contribution in [3.05, 3.63) is 93.7 Å². The Morgan fingerprint density at radius 1 is 1.06 bits per heavy atom. The largest absolute Gasteiger partial charge is 0.464 e. The Morgan fingerprint density at radius 3 is 2.40 bits per heavy atom. The molecular weight excluding hydrogens is 615 g/mol. The summed E-state index contributed by atoms with van der Waals surface area (Å²) in [5.41, 5.74) is -0.690. The molecule has 0 aliphatic heterocycles. The van der Waals surface area contributed by atoms with E-state index in [-0.39, 0.29) is 41.5 Å². The van der Waals surface area contributed by atoms with Gasteiger partial charge in [-0.05, 0) is 76.2 Å². The van der Waals surface area contributed by atoms with E-state index >= 15 is 0 Å². The van der Waals surface area contributed by atoms with Crippen LogP contribution >= 0.6 is 0 Å². The fourth-order valence-corrected chi connectivity index (χ4v) is 5.74. The number of hydrogen-bond acceptors (Lipinski definition) is 6. The summed E-state index contributed by atoms with van der Waals surface area (Å²) in [4.78, 5) is 45.8.